The molecule has 2 fully saturated rings. The Kier molecular flexibility index (Phi) is 5.37. The molecule has 2 aliphatic heterocycles. The van der Waals surface area contributed by atoms with Crippen molar-refractivity contribution in [2.75, 3.05) is 26.2 Å². The lowest BCUT2D eigenvalue weighted by atomic mass is 9.72. The maximum atomic E-state index is 12.9. The van der Waals surface area contributed by atoms with E-state index in [1.54, 1.807) is 6.92 Å². The third-order valence-corrected chi connectivity index (χ3v) is 5.97. The van der Waals surface area contributed by atoms with Crippen molar-refractivity contribution in [1.82, 2.24) is 9.80 Å². The second-order valence-corrected chi connectivity index (χ2v) is 8.23. The van der Waals surface area contributed by atoms with Crippen LogP contribution in [-0.2, 0) is 4.79 Å². The third kappa shape index (κ3) is 3.93. The van der Waals surface area contributed by atoms with Crippen molar-refractivity contribution in [1.29, 1.82) is 0 Å². The Labute approximate surface area is 156 Å². The standard InChI is InChI=1S/C21H30N2O3/c1-15-4-5-16(2)18(12-15)20(26)22-10-8-21(9-11-22)7-6-19(25)23(14-21)13-17(3)24/h4-5,12,17,24H,6-11,13-14H2,1-3H3/t17-/m1/s1. The van der Waals surface area contributed by atoms with Gasteiger partial charge in [-0.2, -0.15) is 0 Å². The van der Waals surface area contributed by atoms with E-state index in [-0.39, 0.29) is 17.2 Å². The number of piperidine rings is 2. The molecule has 142 valence electrons. The number of amides is 2. The predicted molar refractivity (Wildman–Crippen MR) is 101 cm³/mol. The van der Waals surface area contributed by atoms with Gasteiger partial charge in [-0.1, -0.05) is 17.7 Å². The fourth-order valence-electron chi connectivity index (χ4n) is 4.32. The first-order valence-corrected chi connectivity index (χ1v) is 9.62. The van der Waals surface area contributed by atoms with Gasteiger partial charge >= 0.3 is 0 Å². The van der Waals surface area contributed by atoms with Gasteiger partial charge in [-0.05, 0) is 57.1 Å². The molecule has 0 aromatic heterocycles. The van der Waals surface area contributed by atoms with Crippen molar-refractivity contribution in [3.8, 4) is 0 Å². The Bertz CT molecular complexity index is 690. The first-order valence-electron chi connectivity index (χ1n) is 9.62. The number of hydrogen-bond donors (Lipinski definition) is 1. The van der Waals surface area contributed by atoms with Gasteiger partial charge in [0.1, 0.15) is 0 Å². The quantitative estimate of drug-likeness (QED) is 0.903. The smallest absolute Gasteiger partial charge is 0.254 e. The van der Waals surface area contributed by atoms with Gasteiger partial charge in [0.2, 0.25) is 5.91 Å². The molecule has 0 unspecified atom stereocenters. The second kappa shape index (κ2) is 7.39. The van der Waals surface area contributed by atoms with Crippen LogP contribution in [0, 0.1) is 19.3 Å². The Morgan fingerprint density at radius 1 is 1.23 bits per heavy atom. The topological polar surface area (TPSA) is 60.9 Å². The highest BCUT2D eigenvalue weighted by atomic mass is 16.3. The maximum absolute atomic E-state index is 12.9. The van der Waals surface area contributed by atoms with Crippen LogP contribution in [0.3, 0.4) is 0 Å². The van der Waals surface area contributed by atoms with Crippen molar-refractivity contribution in [3.05, 3.63) is 34.9 Å². The Balaban J connectivity index is 1.66. The number of aliphatic hydroxyl groups is 1. The summed E-state index contributed by atoms with van der Waals surface area (Å²) in [6.45, 7) is 8.32. The highest BCUT2D eigenvalue weighted by Gasteiger charge is 2.42. The average molecular weight is 358 g/mol. The van der Waals surface area contributed by atoms with E-state index in [1.807, 2.05) is 41.8 Å². The highest BCUT2D eigenvalue weighted by Crippen LogP contribution is 2.40. The summed E-state index contributed by atoms with van der Waals surface area (Å²) in [4.78, 5) is 28.8. The van der Waals surface area contributed by atoms with Crippen LogP contribution in [0.2, 0.25) is 0 Å². The zero-order chi connectivity index (χ0) is 18.9. The van der Waals surface area contributed by atoms with Crippen molar-refractivity contribution >= 4 is 11.8 Å². The van der Waals surface area contributed by atoms with Gasteiger partial charge in [0.05, 0.1) is 6.10 Å². The van der Waals surface area contributed by atoms with E-state index >= 15 is 0 Å². The largest absolute Gasteiger partial charge is 0.392 e. The average Bonchev–Trinajstić information content (AvgIpc) is 2.60. The molecule has 2 saturated heterocycles. The third-order valence-electron chi connectivity index (χ3n) is 5.97. The SMILES string of the molecule is Cc1ccc(C)c(C(=O)N2CCC3(CCC(=O)N(C[C@@H](C)O)C3)CC2)c1. The zero-order valence-corrected chi connectivity index (χ0v) is 16.1. The molecule has 1 N–H and O–H groups in total. The molecule has 1 aromatic carbocycles. The van der Waals surface area contributed by atoms with Gasteiger partial charge in [-0.15, -0.1) is 0 Å². The number of carbonyl (C=O) groups excluding carboxylic acids is 2. The van der Waals surface area contributed by atoms with Crippen molar-refractivity contribution in [2.24, 2.45) is 5.41 Å². The summed E-state index contributed by atoms with van der Waals surface area (Å²) in [6.07, 6.45) is 2.80. The molecule has 1 spiro atoms. The molecular formula is C21H30N2O3. The number of β-amino-alcohol motifs (C(OH)–C–C–N with tert-alkyl or cyclic N) is 1. The molecule has 5 nitrogen and oxygen atoms in total. The normalized spacial score (nSPS) is 21.2. The van der Waals surface area contributed by atoms with Crippen LogP contribution in [0.1, 0.15) is 54.1 Å². The lowest BCUT2D eigenvalue weighted by Crippen LogP contribution is -2.53. The van der Waals surface area contributed by atoms with Crippen LogP contribution in [-0.4, -0.2) is 59.0 Å². The van der Waals surface area contributed by atoms with Gasteiger partial charge < -0.3 is 14.9 Å². The Hall–Kier alpha value is -1.88. The first kappa shape index (κ1) is 18.9. The Morgan fingerprint density at radius 2 is 1.92 bits per heavy atom. The molecule has 26 heavy (non-hydrogen) atoms. The fourth-order valence-corrected chi connectivity index (χ4v) is 4.32. The van der Waals surface area contributed by atoms with Crippen LogP contribution < -0.4 is 0 Å². The van der Waals surface area contributed by atoms with Crippen LogP contribution in [0.15, 0.2) is 18.2 Å². The minimum Gasteiger partial charge on any atom is -0.392 e. The molecule has 2 aliphatic rings. The summed E-state index contributed by atoms with van der Waals surface area (Å²) in [7, 11) is 0. The number of benzene rings is 1. The van der Waals surface area contributed by atoms with Crippen LogP contribution >= 0.6 is 0 Å². The number of hydrogen-bond acceptors (Lipinski definition) is 3. The second-order valence-electron chi connectivity index (χ2n) is 8.23. The molecule has 0 saturated carbocycles. The summed E-state index contributed by atoms with van der Waals surface area (Å²) < 4.78 is 0. The molecule has 3 rings (SSSR count). The molecular weight excluding hydrogens is 328 g/mol. The minimum atomic E-state index is -0.500. The molecule has 1 aromatic rings. The van der Waals surface area contributed by atoms with Gasteiger partial charge in [-0.3, -0.25) is 9.59 Å². The fraction of sp³-hybridized carbons (Fsp3) is 0.619. The van der Waals surface area contributed by atoms with E-state index in [1.165, 1.54) is 0 Å². The van der Waals surface area contributed by atoms with Crippen molar-refractivity contribution in [2.45, 2.75) is 52.6 Å². The summed E-state index contributed by atoms with van der Waals surface area (Å²) in [5, 5.41) is 9.65. The molecule has 0 aliphatic carbocycles. The zero-order valence-electron chi connectivity index (χ0n) is 16.1. The minimum absolute atomic E-state index is 0.0984. The van der Waals surface area contributed by atoms with Crippen LogP contribution in [0.4, 0.5) is 0 Å². The van der Waals surface area contributed by atoms with E-state index < -0.39 is 6.10 Å². The van der Waals surface area contributed by atoms with E-state index in [0.717, 1.165) is 49.0 Å². The van der Waals surface area contributed by atoms with Gasteiger partial charge in [0.15, 0.2) is 0 Å². The van der Waals surface area contributed by atoms with Crippen molar-refractivity contribution in [3.63, 3.8) is 0 Å². The van der Waals surface area contributed by atoms with E-state index in [4.69, 9.17) is 0 Å². The molecule has 0 radical (unpaired) electrons. The summed E-state index contributed by atoms with van der Waals surface area (Å²) in [5.74, 6) is 0.263. The van der Waals surface area contributed by atoms with E-state index in [0.29, 0.717) is 19.5 Å². The summed E-state index contributed by atoms with van der Waals surface area (Å²) in [6, 6.07) is 6.02. The molecule has 5 heteroatoms. The van der Waals surface area contributed by atoms with Gasteiger partial charge in [0, 0.05) is 38.2 Å². The van der Waals surface area contributed by atoms with Gasteiger partial charge in [0.25, 0.3) is 5.91 Å². The number of nitrogens with zero attached hydrogens (tertiary/aromatic N) is 2. The molecule has 0 bridgehead atoms. The number of carbonyl (C=O) groups is 2. The number of likely N-dealkylation sites (tertiary alicyclic amines) is 2. The van der Waals surface area contributed by atoms with E-state index in [9.17, 15) is 14.7 Å². The van der Waals surface area contributed by atoms with Crippen molar-refractivity contribution < 1.29 is 14.7 Å². The lowest BCUT2D eigenvalue weighted by molar-refractivity contribution is -0.140. The molecule has 2 heterocycles. The molecule has 1 atom stereocenters. The molecule has 2 amide bonds. The van der Waals surface area contributed by atoms with Crippen LogP contribution in [0.25, 0.3) is 0 Å². The maximum Gasteiger partial charge on any atom is 0.254 e. The Morgan fingerprint density at radius 3 is 2.58 bits per heavy atom. The number of aryl methyl sites for hydroxylation is 2. The summed E-state index contributed by atoms with van der Waals surface area (Å²) >= 11 is 0. The first-order chi connectivity index (χ1) is 12.3. The summed E-state index contributed by atoms with van der Waals surface area (Å²) in [5.41, 5.74) is 3.02. The van der Waals surface area contributed by atoms with E-state index in [2.05, 4.69) is 0 Å². The predicted octanol–water partition coefficient (Wildman–Crippen LogP) is 2.53. The monoisotopic (exact) mass is 358 g/mol. The number of aliphatic hydroxyl groups excluding tert-OH is 1. The number of rotatable bonds is 3. The highest BCUT2D eigenvalue weighted by molar-refractivity contribution is 5.96. The van der Waals surface area contributed by atoms with Gasteiger partial charge in [-0.25, -0.2) is 0 Å². The lowest BCUT2D eigenvalue weighted by Gasteiger charge is -2.47. The van der Waals surface area contributed by atoms with Crippen LogP contribution in [0.5, 0.6) is 0 Å².